The van der Waals surface area contributed by atoms with E-state index < -0.39 is 0 Å². The topological polar surface area (TPSA) is 45.7 Å². The zero-order valence-corrected chi connectivity index (χ0v) is 14.7. The molecule has 4 nitrogen and oxygen atoms in total. The lowest BCUT2D eigenvalue weighted by molar-refractivity contribution is 0.414. The minimum atomic E-state index is 0. The molecule has 0 spiro atoms. The Morgan fingerprint density at radius 1 is 1.45 bits per heavy atom. The number of hydrogen-bond donors (Lipinski definition) is 2. The van der Waals surface area contributed by atoms with Crippen LogP contribution in [0.5, 0.6) is 5.75 Å². The van der Waals surface area contributed by atoms with E-state index in [0.717, 1.165) is 29.7 Å². The van der Waals surface area contributed by atoms with E-state index in [1.54, 1.807) is 7.11 Å². The van der Waals surface area contributed by atoms with Gasteiger partial charge in [-0.05, 0) is 37.0 Å². The molecule has 2 rings (SSSR count). The van der Waals surface area contributed by atoms with E-state index in [0.29, 0.717) is 12.6 Å². The van der Waals surface area contributed by atoms with Gasteiger partial charge in [-0.1, -0.05) is 19.1 Å². The summed E-state index contributed by atoms with van der Waals surface area (Å²) < 4.78 is 5.22. The zero-order chi connectivity index (χ0) is 13.7. The van der Waals surface area contributed by atoms with Crippen molar-refractivity contribution in [2.24, 2.45) is 10.9 Å². The van der Waals surface area contributed by atoms with Crippen LogP contribution in [0, 0.1) is 5.92 Å². The number of nitrogens with one attached hydrogen (secondary N) is 2. The van der Waals surface area contributed by atoms with Crippen LogP contribution in [0.15, 0.2) is 29.3 Å². The molecule has 0 saturated heterocycles. The second-order valence-corrected chi connectivity index (χ2v) is 5.01. The van der Waals surface area contributed by atoms with E-state index >= 15 is 0 Å². The van der Waals surface area contributed by atoms with Crippen LogP contribution in [0.2, 0.25) is 0 Å². The molecule has 1 aromatic carbocycles. The fraction of sp³-hybridized carbons (Fsp3) is 0.533. The van der Waals surface area contributed by atoms with Crippen LogP contribution in [0.25, 0.3) is 0 Å². The van der Waals surface area contributed by atoms with Crippen LogP contribution in [-0.2, 0) is 6.54 Å². The third-order valence-corrected chi connectivity index (χ3v) is 3.33. The quantitative estimate of drug-likeness (QED) is 0.463. The standard InChI is InChI=1S/C15H23N3O.HI/c1-4-16-15(18-14-8-11(14)2)17-10-12-6-5-7-13(9-12)19-3;/h5-7,9,11,14H,4,8,10H2,1-3H3,(H2,16,17,18);1H. The van der Waals surface area contributed by atoms with Crippen LogP contribution >= 0.6 is 24.0 Å². The molecule has 1 saturated carbocycles. The van der Waals surface area contributed by atoms with Gasteiger partial charge < -0.3 is 15.4 Å². The normalized spacial score (nSPS) is 20.9. The number of halogens is 1. The Kier molecular flexibility index (Phi) is 7.12. The van der Waals surface area contributed by atoms with Gasteiger partial charge in [0.15, 0.2) is 5.96 Å². The fourth-order valence-electron chi connectivity index (χ4n) is 1.96. The summed E-state index contributed by atoms with van der Waals surface area (Å²) in [5, 5.41) is 6.73. The summed E-state index contributed by atoms with van der Waals surface area (Å²) in [7, 11) is 1.68. The van der Waals surface area contributed by atoms with Crippen molar-refractivity contribution in [2.75, 3.05) is 13.7 Å². The minimum Gasteiger partial charge on any atom is -0.497 e. The van der Waals surface area contributed by atoms with Crippen LogP contribution in [-0.4, -0.2) is 25.7 Å². The van der Waals surface area contributed by atoms with Crippen molar-refractivity contribution in [2.45, 2.75) is 32.9 Å². The van der Waals surface area contributed by atoms with Crippen LogP contribution in [0.4, 0.5) is 0 Å². The first-order valence-corrected chi connectivity index (χ1v) is 6.90. The second-order valence-electron chi connectivity index (χ2n) is 5.01. The summed E-state index contributed by atoms with van der Waals surface area (Å²) in [5.41, 5.74) is 1.15. The number of benzene rings is 1. The first-order chi connectivity index (χ1) is 9.22. The molecule has 2 N–H and O–H groups in total. The largest absolute Gasteiger partial charge is 0.497 e. The Balaban J connectivity index is 0.00000200. The van der Waals surface area contributed by atoms with Gasteiger partial charge >= 0.3 is 0 Å². The fourth-order valence-corrected chi connectivity index (χ4v) is 1.96. The summed E-state index contributed by atoms with van der Waals surface area (Å²) in [6.45, 7) is 5.88. The number of nitrogens with zero attached hydrogens (tertiary/aromatic N) is 1. The number of hydrogen-bond acceptors (Lipinski definition) is 2. The molecule has 5 heteroatoms. The average Bonchev–Trinajstić information content (AvgIpc) is 3.12. The third-order valence-electron chi connectivity index (χ3n) is 3.33. The molecule has 2 unspecified atom stereocenters. The van der Waals surface area contributed by atoms with Gasteiger partial charge in [-0.25, -0.2) is 4.99 Å². The first kappa shape index (κ1) is 17.1. The molecule has 1 aliphatic rings. The Hall–Kier alpha value is -0.980. The summed E-state index contributed by atoms with van der Waals surface area (Å²) in [4.78, 5) is 4.61. The summed E-state index contributed by atoms with van der Waals surface area (Å²) in [6, 6.07) is 8.61. The summed E-state index contributed by atoms with van der Waals surface area (Å²) in [5.74, 6) is 2.54. The maximum Gasteiger partial charge on any atom is 0.191 e. The van der Waals surface area contributed by atoms with Crippen molar-refractivity contribution >= 4 is 29.9 Å². The van der Waals surface area contributed by atoms with Gasteiger partial charge in [-0.3, -0.25) is 0 Å². The third kappa shape index (κ3) is 5.19. The molecular formula is C15H24IN3O. The molecule has 0 heterocycles. The molecule has 0 aliphatic heterocycles. The van der Waals surface area contributed by atoms with E-state index in [9.17, 15) is 0 Å². The zero-order valence-electron chi connectivity index (χ0n) is 12.3. The van der Waals surface area contributed by atoms with Crippen LogP contribution < -0.4 is 15.4 Å². The number of rotatable bonds is 5. The second kappa shape index (κ2) is 8.34. The molecule has 1 aromatic rings. The lowest BCUT2D eigenvalue weighted by atomic mass is 10.2. The summed E-state index contributed by atoms with van der Waals surface area (Å²) >= 11 is 0. The van der Waals surface area contributed by atoms with Crippen LogP contribution in [0.1, 0.15) is 25.8 Å². The van der Waals surface area contributed by atoms with Crippen molar-refractivity contribution in [3.63, 3.8) is 0 Å². The molecule has 1 aliphatic carbocycles. The molecule has 1 fully saturated rings. The smallest absolute Gasteiger partial charge is 0.191 e. The highest BCUT2D eigenvalue weighted by Gasteiger charge is 2.33. The Morgan fingerprint density at radius 2 is 2.20 bits per heavy atom. The Morgan fingerprint density at radius 3 is 2.80 bits per heavy atom. The van der Waals surface area contributed by atoms with Gasteiger partial charge in [0.05, 0.1) is 13.7 Å². The van der Waals surface area contributed by atoms with E-state index in [4.69, 9.17) is 4.74 Å². The van der Waals surface area contributed by atoms with E-state index in [1.807, 2.05) is 18.2 Å². The highest BCUT2D eigenvalue weighted by Crippen LogP contribution is 2.28. The van der Waals surface area contributed by atoms with Gasteiger partial charge in [0.1, 0.15) is 5.75 Å². The molecular weight excluding hydrogens is 365 g/mol. The predicted octanol–water partition coefficient (Wildman–Crippen LogP) is 2.78. The number of guanidine groups is 1. The van der Waals surface area contributed by atoms with Gasteiger partial charge in [-0.15, -0.1) is 24.0 Å². The van der Waals surface area contributed by atoms with Gasteiger partial charge in [0.2, 0.25) is 0 Å². The van der Waals surface area contributed by atoms with Crippen LogP contribution in [0.3, 0.4) is 0 Å². The lowest BCUT2D eigenvalue weighted by Gasteiger charge is -2.11. The molecule has 0 radical (unpaired) electrons. The van der Waals surface area contributed by atoms with E-state index in [-0.39, 0.29) is 24.0 Å². The monoisotopic (exact) mass is 389 g/mol. The van der Waals surface area contributed by atoms with Gasteiger partial charge in [0.25, 0.3) is 0 Å². The number of ether oxygens (including phenoxy) is 1. The van der Waals surface area contributed by atoms with Crippen molar-refractivity contribution in [1.82, 2.24) is 10.6 Å². The highest BCUT2D eigenvalue weighted by molar-refractivity contribution is 14.0. The maximum atomic E-state index is 5.22. The van der Waals surface area contributed by atoms with Crippen molar-refractivity contribution < 1.29 is 4.74 Å². The molecule has 0 bridgehead atoms. The SMILES string of the molecule is CCNC(=NCc1cccc(OC)c1)NC1CC1C.I. The highest BCUT2D eigenvalue weighted by atomic mass is 127. The maximum absolute atomic E-state index is 5.22. The molecule has 20 heavy (non-hydrogen) atoms. The number of methoxy groups -OCH3 is 1. The molecule has 112 valence electrons. The Labute approximate surface area is 138 Å². The van der Waals surface area contributed by atoms with Crippen molar-refractivity contribution in [3.8, 4) is 5.75 Å². The average molecular weight is 389 g/mol. The number of aliphatic imine (C=N–C) groups is 1. The molecule has 0 amide bonds. The van der Waals surface area contributed by atoms with Gasteiger partial charge in [-0.2, -0.15) is 0 Å². The van der Waals surface area contributed by atoms with Gasteiger partial charge in [0, 0.05) is 12.6 Å². The Bertz CT molecular complexity index is 450. The summed E-state index contributed by atoms with van der Waals surface area (Å²) in [6.07, 6.45) is 1.24. The molecule has 0 aromatic heterocycles. The first-order valence-electron chi connectivity index (χ1n) is 6.90. The van der Waals surface area contributed by atoms with Crippen molar-refractivity contribution in [1.29, 1.82) is 0 Å². The molecule has 2 atom stereocenters. The van der Waals surface area contributed by atoms with E-state index in [1.165, 1.54) is 6.42 Å². The van der Waals surface area contributed by atoms with E-state index in [2.05, 4.69) is 35.5 Å². The minimum absolute atomic E-state index is 0. The van der Waals surface area contributed by atoms with Crippen molar-refractivity contribution in [3.05, 3.63) is 29.8 Å². The predicted molar refractivity (Wildman–Crippen MR) is 93.9 cm³/mol. The lowest BCUT2D eigenvalue weighted by Crippen LogP contribution is -2.39.